The molecule has 0 spiro atoms. The van der Waals surface area contributed by atoms with Gasteiger partial charge in [-0.05, 0) is 64.9 Å². The standard InChI is InChI=1S/C18H17IN2O2/c19-15-3-1-4-16(11-15)20-18(23)14-8-6-13(7-9-14)12-21-10-2-5-17(21)22/h1,3-4,6-9,11H,2,5,10,12H2,(H,20,23). The van der Waals surface area contributed by atoms with Crippen molar-refractivity contribution in [3.8, 4) is 0 Å². The maximum absolute atomic E-state index is 12.3. The molecule has 1 N–H and O–H groups in total. The number of hydrogen-bond donors (Lipinski definition) is 1. The minimum absolute atomic E-state index is 0.129. The van der Waals surface area contributed by atoms with E-state index < -0.39 is 0 Å². The monoisotopic (exact) mass is 420 g/mol. The maximum Gasteiger partial charge on any atom is 0.255 e. The minimum Gasteiger partial charge on any atom is -0.338 e. The van der Waals surface area contributed by atoms with E-state index in [-0.39, 0.29) is 11.8 Å². The first kappa shape index (κ1) is 16.0. The average Bonchev–Trinajstić information content (AvgIpc) is 2.93. The van der Waals surface area contributed by atoms with E-state index in [9.17, 15) is 9.59 Å². The number of nitrogens with one attached hydrogen (secondary N) is 1. The zero-order valence-corrected chi connectivity index (χ0v) is 14.7. The second-order valence-electron chi connectivity index (χ2n) is 5.58. The fraction of sp³-hybridized carbons (Fsp3) is 0.222. The summed E-state index contributed by atoms with van der Waals surface area (Å²) in [6.07, 6.45) is 1.59. The molecule has 1 heterocycles. The van der Waals surface area contributed by atoms with Crippen molar-refractivity contribution in [2.45, 2.75) is 19.4 Å². The number of hydrogen-bond acceptors (Lipinski definition) is 2. The second kappa shape index (κ2) is 7.12. The lowest BCUT2D eigenvalue weighted by Crippen LogP contribution is -2.23. The molecule has 4 nitrogen and oxygen atoms in total. The van der Waals surface area contributed by atoms with Crippen LogP contribution in [0.5, 0.6) is 0 Å². The third-order valence-electron chi connectivity index (χ3n) is 3.84. The highest BCUT2D eigenvalue weighted by Crippen LogP contribution is 2.16. The summed E-state index contributed by atoms with van der Waals surface area (Å²) in [6.45, 7) is 1.45. The molecule has 1 saturated heterocycles. The molecule has 0 aliphatic carbocycles. The largest absolute Gasteiger partial charge is 0.338 e. The van der Waals surface area contributed by atoms with Crippen LogP contribution in [0.1, 0.15) is 28.8 Å². The minimum atomic E-state index is -0.129. The van der Waals surface area contributed by atoms with E-state index >= 15 is 0 Å². The summed E-state index contributed by atoms with van der Waals surface area (Å²) in [5, 5.41) is 2.89. The Kier molecular flexibility index (Phi) is 4.95. The van der Waals surface area contributed by atoms with Crippen molar-refractivity contribution < 1.29 is 9.59 Å². The Bertz CT molecular complexity index is 728. The number of likely N-dealkylation sites (tertiary alicyclic amines) is 1. The number of rotatable bonds is 4. The number of benzene rings is 2. The Hall–Kier alpha value is -1.89. The predicted octanol–water partition coefficient (Wildman–Crippen LogP) is 3.67. The van der Waals surface area contributed by atoms with Crippen molar-refractivity contribution in [2.24, 2.45) is 0 Å². The molecule has 1 aliphatic rings. The summed E-state index contributed by atoms with van der Waals surface area (Å²) in [6, 6.07) is 15.1. The zero-order valence-electron chi connectivity index (χ0n) is 12.6. The highest BCUT2D eigenvalue weighted by atomic mass is 127. The van der Waals surface area contributed by atoms with Crippen LogP contribution in [0.4, 0.5) is 5.69 Å². The van der Waals surface area contributed by atoms with Gasteiger partial charge in [-0.2, -0.15) is 0 Å². The summed E-state index contributed by atoms with van der Waals surface area (Å²) in [5.41, 5.74) is 2.44. The summed E-state index contributed by atoms with van der Waals surface area (Å²) >= 11 is 2.21. The Morgan fingerprint density at radius 2 is 1.96 bits per heavy atom. The van der Waals surface area contributed by atoms with Gasteiger partial charge >= 0.3 is 0 Å². The van der Waals surface area contributed by atoms with Gasteiger partial charge in [0.05, 0.1) is 0 Å². The van der Waals surface area contributed by atoms with Gasteiger partial charge in [0.15, 0.2) is 0 Å². The van der Waals surface area contributed by atoms with E-state index in [2.05, 4.69) is 27.9 Å². The lowest BCUT2D eigenvalue weighted by atomic mass is 10.1. The molecule has 0 radical (unpaired) electrons. The molecular weight excluding hydrogens is 403 g/mol. The number of nitrogens with zero attached hydrogens (tertiary/aromatic N) is 1. The van der Waals surface area contributed by atoms with Crippen LogP contribution in [0.15, 0.2) is 48.5 Å². The first-order valence-electron chi connectivity index (χ1n) is 7.55. The molecule has 0 aromatic heterocycles. The van der Waals surface area contributed by atoms with E-state index in [0.29, 0.717) is 18.5 Å². The number of carbonyl (C=O) groups is 2. The van der Waals surface area contributed by atoms with Crippen LogP contribution in [-0.2, 0) is 11.3 Å². The smallest absolute Gasteiger partial charge is 0.255 e. The van der Waals surface area contributed by atoms with Gasteiger partial charge in [0, 0.05) is 34.3 Å². The normalized spacial score (nSPS) is 14.1. The number of halogens is 1. The molecule has 3 rings (SSSR count). The molecular formula is C18H17IN2O2. The van der Waals surface area contributed by atoms with Crippen molar-refractivity contribution in [3.63, 3.8) is 0 Å². The lowest BCUT2D eigenvalue weighted by molar-refractivity contribution is -0.128. The molecule has 1 fully saturated rings. The maximum atomic E-state index is 12.3. The molecule has 2 aromatic rings. The van der Waals surface area contributed by atoms with Gasteiger partial charge in [0.1, 0.15) is 0 Å². The molecule has 1 aliphatic heterocycles. The van der Waals surface area contributed by atoms with Crippen LogP contribution < -0.4 is 5.32 Å². The van der Waals surface area contributed by atoms with E-state index in [0.717, 1.165) is 27.8 Å². The van der Waals surface area contributed by atoms with E-state index in [4.69, 9.17) is 0 Å². The van der Waals surface area contributed by atoms with Crippen LogP contribution in [0.25, 0.3) is 0 Å². The number of carbonyl (C=O) groups excluding carboxylic acids is 2. The van der Waals surface area contributed by atoms with Crippen LogP contribution in [0.3, 0.4) is 0 Å². The molecule has 2 aromatic carbocycles. The quantitative estimate of drug-likeness (QED) is 0.768. The Morgan fingerprint density at radius 1 is 1.17 bits per heavy atom. The molecule has 0 saturated carbocycles. The van der Waals surface area contributed by atoms with Crippen molar-refractivity contribution in [2.75, 3.05) is 11.9 Å². The average molecular weight is 420 g/mol. The third kappa shape index (κ3) is 4.10. The summed E-state index contributed by atoms with van der Waals surface area (Å²) in [7, 11) is 0. The highest BCUT2D eigenvalue weighted by molar-refractivity contribution is 14.1. The Morgan fingerprint density at radius 3 is 2.61 bits per heavy atom. The van der Waals surface area contributed by atoms with Gasteiger partial charge in [-0.3, -0.25) is 9.59 Å². The molecule has 23 heavy (non-hydrogen) atoms. The number of anilines is 1. The summed E-state index contributed by atoms with van der Waals surface area (Å²) < 4.78 is 1.08. The van der Waals surface area contributed by atoms with Gasteiger partial charge in [-0.25, -0.2) is 0 Å². The predicted molar refractivity (Wildman–Crippen MR) is 98.2 cm³/mol. The van der Waals surface area contributed by atoms with Crippen molar-refractivity contribution in [3.05, 3.63) is 63.2 Å². The second-order valence-corrected chi connectivity index (χ2v) is 6.83. The van der Waals surface area contributed by atoms with Gasteiger partial charge in [0.25, 0.3) is 5.91 Å². The van der Waals surface area contributed by atoms with Crippen molar-refractivity contribution in [1.82, 2.24) is 4.90 Å². The fourth-order valence-electron chi connectivity index (χ4n) is 2.62. The van der Waals surface area contributed by atoms with Gasteiger partial charge in [-0.15, -0.1) is 0 Å². The van der Waals surface area contributed by atoms with Gasteiger partial charge in [0.2, 0.25) is 5.91 Å². The summed E-state index contributed by atoms with van der Waals surface area (Å²) in [4.78, 5) is 25.8. The van der Waals surface area contributed by atoms with Gasteiger partial charge < -0.3 is 10.2 Å². The van der Waals surface area contributed by atoms with Crippen LogP contribution in [-0.4, -0.2) is 23.3 Å². The number of amides is 2. The molecule has 5 heteroatoms. The van der Waals surface area contributed by atoms with Crippen LogP contribution in [0.2, 0.25) is 0 Å². The lowest BCUT2D eigenvalue weighted by Gasteiger charge is -2.15. The first-order valence-corrected chi connectivity index (χ1v) is 8.63. The van der Waals surface area contributed by atoms with Crippen molar-refractivity contribution >= 4 is 40.1 Å². The molecule has 0 atom stereocenters. The molecule has 0 bridgehead atoms. The SMILES string of the molecule is O=C(Nc1cccc(I)c1)c1ccc(CN2CCCC2=O)cc1. The Balaban J connectivity index is 1.64. The topological polar surface area (TPSA) is 49.4 Å². The third-order valence-corrected chi connectivity index (χ3v) is 4.51. The zero-order chi connectivity index (χ0) is 16.2. The molecule has 118 valence electrons. The van der Waals surface area contributed by atoms with E-state index in [1.165, 1.54) is 0 Å². The van der Waals surface area contributed by atoms with Crippen LogP contribution >= 0.6 is 22.6 Å². The molecule has 0 unspecified atom stereocenters. The van der Waals surface area contributed by atoms with E-state index in [1.807, 2.05) is 41.3 Å². The van der Waals surface area contributed by atoms with Gasteiger partial charge in [-0.1, -0.05) is 18.2 Å². The summed E-state index contributed by atoms with van der Waals surface area (Å²) in [5.74, 6) is 0.0845. The highest BCUT2D eigenvalue weighted by Gasteiger charge is 2.19. The van der Waals surface area contributed by atoms with Crippen molar-refractivity contribution in [1.29, 1.82) is 0 Å². The van der Waals surface area contributed by atoms with E-state index in [1.54, 1.807) is 12.1 Å². The Labute approximate surface area is 149 Å². The fourth-order valence-corrected chi connectivity index (χ4v) is 3.17. The first-order chi connectivity index (χ1) is 11.1. The van der Waals surface area contributed by atoms with Crippen LogP contribution in [0, 0.1) is 3.57 Å². The molecule has 2 amide bonds.